The molecule has 2 rings (SSSR count). The molecule has 0 saturated carbocycles. The van der Waals surface area contributed by atoms with Crippen molar-refractivity contribution in [1.82, 2.24) is 4.90 Å². The molecule has 1 heteroatoms. The van der Waals surface area contributed by atoms with Gasteiger partial charge in [0.2, 0.25) is 0 Å². The van der Waals surface area contributed by atoms with E-state index in [0.717, 1.165) is 6.42 Å². The van der Waals surface area contributed by atoms with Gasteiger partial charge in [-0.25, -0.2) is 0 Å². The Morgan fingerprint density at radius 1 is 1.30 bits per heavy atom. The predicted molar refractivity (Wildman–Crippen MR) is 42.3 cm³/mol. The Morgan fingerprint density at radius 2 is 2.20 bits per heavy atom. The summed E-state index contributed by atoms with van der Waals surface area (Å²) in [6.45, 7) is 2.52. The van der Waals surface area contributed by atoms with Crippen molar-refractivity contribution in [3.63, 3.8) is 0 Å². The first-order valence-corrected chi connectivity index (χ1v) is 3.92. The first-order chi connectivity index (χ1) is 4.97. The van der Waals surface area contributed by atoms with Crippen LogP contribution in [0.15, 0.2) is 23.9 Å². The third-order valence-corrected chi connectivity index (χ3v) is 2.09. The Hall–Kier alpha value is -0.720. The molecule has 1 aliphatic heterocycles. The largest absolute Gasteiger partial charge is 0.372 e. The molecule has 1 radical (unpaired) electrons. The van der Waals surface area contributed by atoms with Crippen LogP contribution in [0.3, 0.4) is 0 Å². The second-order valence-electron chi connectivity index (χ2n) is 2.80. The van der Waals surface area contributed by atoms with E-state index in [9.17, 15) is 0 Å². The minimum Gasteiger partial charge on any atom is -0.372 e. The van der Waals surface area contributed by atoms with Gasteiger partial charge in [0.05, 0.1) is 0 Å². The smallest absolute Gasteiger partial charge is 0.0322 e. The Kier molecular flexibility index (Phi) is 1.50. The van der Waals surface area contributed by atoms with Gasteiger partial charge in [-0.05, 0) is 25.3 Å². The number of allylic oxidation sites excluding steroid dienone is 3. The Balaban J connectivity index is 2.01. The Labute approximate surface area is 62.0 Å². The third-order valence-electron chi connectivity index (χ3n) is 2.09. The van der Waals surface area contributed by atoms with Crippen molar-refractivity contribution in [2.45, 2.75) is 12.8 Å². The summed E-state index contributed by atoms with van der Waals surface area (Å²) in [5.74, 6) is 0. The summed E-state index contributed by atoms with van der Waals surface area (Å²) in [6, 6.07) is 0. The van der Waals surface area contributed by atoms with Gasteiger partial charge in [-0.1, -0.05) is 12.2 Å². The van der Waals surface area contributed by atoms with Crippen LogP contribution in [-0.2, 0) is 0 Å². The molecule has 1 saturated heterocycles. The number of hydrogen-bond donors (Lipinski definition) is 0. The first kappa shape index (κ1) is 6.02. The van der Waals surface area contributed by atoms with E-state index in [0.29, 0.717) is 0 Å². The lowest BCUT2D eigenvalue weighted by Gasteiger charge is -2.34. The highest BCUT2D eigenvalue weighted by Gasteiger charge is 2.15. The van der Waals surface area contributed by atoms with Crippen molar-refractivity contribution in [3.05, 3.63) is 30.3 Å². The molecule has 1 aliphatic carbocycles. The topological polar surface area (TPSA) is 3.24 Å². The van der Waals surface area contributed by atoms with Crippen molar-refractivity contribution in [2.24, 2.45) is 0 Å². The quantitative estimate of drug-likeness (QED) is 0.528. The molecule has 0 aromatic heterocycles. The molecular weight excluding hydrogens is 122 g/mol. The van der Waals surface area contributed by atoms with Gasteiger partial charge in [-0.15, -0.1) is 0 Å². The minimum atomic E-state index is 1.11. The van der Waals surface area contributed by atoms with Crippen LogP contribution >= 0.6 is 0 Å². The van der Waals surface area contributed by atoms with Crippen LogP contribution < -0.4 is 0 Å². The molecular formula is C9H12N. The highest BCUT2D eigenvalue weighted by molar-refractivity contribution is 5.26. The van der Waals surface area contributed by atoms with Gasteiger partial charge in [0.15, 0.2) is 0 Å². The van der Waals surface area contributed by atoms with Crippen LogP contribution in [0.2, 0.25) is 0 Å². The van der Waals surface area contributed by atoms with E-state index in [1.54, 1.807) is 0 Å². The van der Waals surface area contributed by atoms with E-state index in [-0.39, 0.29) is 0 Å². The SMILES string of the molecule is [CH]1C=CC(N2CCC2)=CC1. The zero-order valence-electron chi connectivity index (χ0n) is 6.09. The second-order valence-corrected chi connectivity index (χ2v) is 2.80. The van der Waals surface area contributed by atoms with Crippen molar-refractivity contribution in [1.29, 1.82) is 0 Å². The fourth-order valence-corrected chi connectivity index (χ4v) is 1.31. The first-order valence-electron chi connectivity index (χ1n) is 3.92. The van der Waals surface area contributed by atoms with E-state index in [2.05, 4.69) is 29.5 Å². The molecule has 0 N–H and O–H groups in total. The van der Waals surface area contributed by atoms with Crippen LogP contribution in [0.4, 0.5) is 0 Å². The highest BCUT2D eigenvalue weighted by atomic mass is 15.2. The average Bonchev–Trinajstić information content (AvgIpc) is 1.86. The number of likely N-dealkylation sites (tertiary alicyclic amines) is 1. The lowest BCUT2D eigenvalue weighted by Crippen LogP contribution is -2.35. The zero-order chi connectivity index (χ0) is 6.81. The standard InChI is InChI=1S/C9H12N/c1-2-5-9(6-3-1)10-7-4-8-10/h1-2,5-6H,3-4,7-8H2. The molecule has 0 atom stereocenters. The number of nitrogens with zero attached hydrogens (tertiary/aromatic N) is 1. The molecule has 0 aromatic carbocycles. The van der Waals surface area contributed by atoms with Gasteiger partial charge in [-0.2, -0.15) is 0 Å². The molecule has 10 heavy (non-hydrogen) atoms. The van der Waals surface area contributed by atoms with Gasteiger partial charge < -0.3 is 4.90 Å². The summed E-state index contributed by atoms with van der Waals surface area (Å²) in [6.07, 6.45) is 11.3. The molecule has 1 nitrogen and oxygen atoms in total. The third kappa shape index (κ3) is 0.962. The zero-order valence-corrected chi connectivity index (χ0v) is 6.09. The summed E-state index contributed by atoms with van der Waals surface area (Å²) in [5, 5.41) is 0. The van der Waals surface area contributed by atoms with Crippen LogP contribution in [-0.4, -0.2) is 18.0 Å². The molecule has 1 heterocycles. The maximum Gasteiger partial charge on any atom is 0.0322 e. The fraction of sp³-hybridized carbons (Fsp3) is 0.444. The molecule has 1 fully saturated rings. The molecule has 0 amide bonds. The van der Waals surface area contributed by atoms with Crippen LogP contribution in [0.1, 0.15) is 12.8 Å². The predicted octanol–water partition coefficient (Wildman–Crippen LogP) is 1.74. The van der Waals surface area contributed by atoms with E-state index in [1.807, 2.05) is 0 Å². The molecule has 2 aliphatic rings. The van der Waals surface area contributed by atoms with Gasteiger partial charge >= 0.3 is 0 Å². The molecule has 0 spiro atoms. The Morgan fingerprint density at radius 3 is 2.70 bits per heavy atom. The fourth-order valence-electron chi connectivity index (χ4n) is 1.31. The summed E-state index contributed by atoms with van der Waals surface area (Å²) in [4.78, 5) is 2.42. The van der Waals surface area contributed by atoms with Gasteiger partial charge in [0.1, 0.15) is 0 Å². The monoisotopic (exact) mass is 134 g/mol. The van der Waals surface area contributed by atoms with E-state index in [4.69, 9.17) is 0 Å². The average molecular weight is 134 g/mol. The van der Waals surface area contributed by atoms with E-state index >= 15 is 0 Å². The van der Waals surface area contributed by atoms with Gasteiger partial charge in [0, 0.05) is 18.8 Å². The van der Waals surface area contributed by atoms with Crippen molar-refractivity contribution >= 4 is 0 Å². The Bertz CT molecular complexity index is 175. The van der Waals surface area contributed by atoms with E-state index < -0.39 is 0 Å². The van der Waals surface area contributed by atoms with Crippen molar-refractivity contribution < 1.29 is 0 Å². The van der Waals surface area contributed by atoms with Crippen molar-refractivity contribution in [2.75, 3.05) is 13.1 Å². The summed E-state index contributed by atoms with van der Waals surface area (Å²) in [7, 11) is 0. The van der Waals surface area contributed by atoms with Crippen LogP contribution in [0, 0.1) is 6.42 Å². The highest BCUT2D eigenvalue weighted by Crippen LogP contribution is 2.19. The number of hydrogen-bond acceptors (Lipinski definition) is 1. The maximum atomic E-state index is 2.42. The van der Waals surface area contributed by atoms with Gasteiger partial charge in [0.25, 0.3) is 0 Å². The minimum absolute atomic E-state index is 1.11. The second kappa shape index (κ2) is 2.49. The lowest BCUT2D eigenvalue weighted by atomic mass is 10.1. The van der Waals surface area contributed by atoms with Crippen molar-refractivity contribution in [3.8, 4) is 0 Å². The molecule has 0 unspecified atom stereocenters. The van der Waals surface area contributed by atoms with Crippen LogP contribution in [0.5, 0.6) is 0 Å². The van der Waals surface area contributed by atoms with Crippen LogP contribution in [0.25, 0.3) is 0 Å². The summed E-state index contributed by atoms with van der Waals surface area (Å²) in [5.41, 5.74) is 1.42. The summed E-state index contributed by atoms with van der Waals surface area (Å²) < 4.78 is 0. The van der Waals surface area contributed by atoms with Gasteiger partial charge in [-0.3, -0.25) is 0 Å². The van der Waals surface area contributed by atoms with E-state index in [1.165, 1.54) is 25.2 Å². The normalized spacial score (nSPS) is 24.0. The molecule has 0 bridgehead atoms. The number of rotatable bonds is 1. The summed E-state index contributed by atoms with van der Waals surface area (Å²) >= 11 is 0. The molecule has 53 valence electrons. The lowest BCUT2D eigenvalue weighted by molar-refractivity contribution is 0.245. The maximum absolute atomic E-state index is 2.42. The molecule has 0 aromatic rings.